The zero-order chi connectivity index (χ0) is 23.4. The van der Waals surface area contributed by atoms with Crippen molar-refractivity contribution in [2.24, 2.45) is 5.92 Å². The highest BCUT2D eigenvalue weighted by Crippen LogP contribution is 2.32. The Bertz CT molecular complexity index is 1100. The number of benzene rings is 2. The highest BCUT2D eigenvalue weighted by atomic mass is 35.5. The number of halogens is 2. The van der Waals surface area contributed by atoms with Crippen molar-refractivity contribution in [2.75, 3.05) is 19.7 Å². The Labute approximate surface area is 203 Å². The molecule has 0 N–H and O–H groups in total. The number of likely N-dealkylation sites (tertiary alicyclic amines) is 1. The maximum atomic E-state index is 12.2. The molecule has 2 aromatic carbocycles. The van der Waals surface area contributed by atoms with Gasteiger partial charge in [-0.1, -0.05) is 61.3 Å². The summed E-state index contributed by atoms with van der Waals surface area (Å²) in [6, 6.07) is 14.9. The molecule has 1 fully saturated rings. The number of carbonyl (C=O) groups excluding carboxylic acids is 1. The summed E-state index contributed by atoms with van der Waals surface area (Å²) in [5, 5.41) is 1.29. The van der Waals surface area contributed by atoms with Crippen LogP contribution in [-0.2, 0) is 4.74 Å². The first-order valence-electron chi connectivity index (χ1n) is 10.9. The Morgan fingerprint density at radius 3 is 2.24 bits per heavy atom. The minimum atomic E-state index is -0.305. The highest BCUT2D eigenvalue weighted by molar-refractivity contribution is 6.31. The lowest BCUT2D eigenvalue weighted by molar-refractivity contribution is 0.0946. The molecule has 1 aliphatic rings. The van der Waals surface area contributed by atoms with Crippen molar-refractivity contribution in [3.63, 3.8) is 0 Å². The van der Waals surface area contributed by atoms with Crippen molar-refractivity contribution in [3.8, 4) is 28.4 Å². The van der Waals surface area contributed by atoms with Gasteiger partial charge in [-0.05, 0) is 30.2 Å². The number of aromatic nitrogens is 2. The summed E-state index contributed by atoms with van der Waals surface area (Å²) >= 11 is 12.1. The van der Waals surface area contributed by atoms with E-state index in [1.807, 2.05) is 62.4 Å². The van der Waals surface area contributed by atoms with E-state index in [0.717, 1.165) is 11.1 Å². The fourth-order valence-electron chi connectivity index (χ4n) is 3.55. The summed E-state index contributed by atoms with van der Waals surface area (Å²) in [5.41, 5.74) is 3.15. The number of hydrogen-bond donors (Lipinski definition) is 0. The standard InChI is InChI=1S/C25H25Cl2N3O3/c1-16(2)15-32-25(31)30-12-11-21(14-30)33-22-13-28-23(17-3-7-19(26)8-4-17)24(29-22)18-5-9-20(27)10-6-18/h3-10,13,16,21H,11-12,14-15H2,1-2H3. The van der Waals surface area contributed by atoms with Gasteiger partial charge < -0.3 is 14.4 Å². The number of nitrogens with zero attached hydrogens (tertiary/aromatic N) is 3. The first kappa shape index (κ1) is 23.3. The van der Waals surface area contributed by atoms with Crippen molar-refractivity contribution >= 4 is 29.3 Å². The van der Waals surface area contributed by atoms with Gasteiger partial charge >= 0.3 is 6.09 Å². The van der Waals surface area contributed by atoms with Gasteiger partial charge in [-0.25, -0.2) is 14.8 Å². The van der Waals surface area contributed by atoms with Gasteiger partial charge in [0.05, 0.1) is 25.0 Å². The third-order valence-corrected chi connectivity index (χ3v) is 5.72. The van der Waals surface area contributed by atoms with Gasteiger partial charge in [-0.2, -0.15) is 0 Å². The van der Waals surface area contributed by atoms with Crippen LogP contribution < -0.4 is 4.74 Å². The van der Waals surface area contributed by atoms with Gasteiger partial charge in [0.1, 0.15) is 11.8 Å². The van der Waals surface area contributed by atoms with Crippen LogP contribution >= 0.6 is 23.2 Å². The summed E-state index contributed by atoms with van der Waals surface area (Å²) in [4.78, 5) is 23.3. The molecule has 2 heterocycles. The minimum absolute atomic E-state index is 0.176. The van der Waals surface area contributed by atoms with E-state index in [9.17, 15) is 4.79 Å². The van der Waals surface area contributed by atoms with Crippen LogP contribution in [0.2, 0.25) is 10.0 Å². The Morgan fingerprint density at radius 1 is 1.03 bits per heavy atom. The molecule has 1 atom stereocenters. The normalized spacial score (nSPS) is 15.7. The number of amides is 1. The van der Waals surface area contributed by atoms with Crippen LogP contribution in [0.3, 0.4) is 0 Å². The number of ether oxygens (including phenoxy) is 2. The zero-order valence-corrected chi connectivity index (χ0v) is 20.0. The van der Waals surface area contributed by atoms with Gasteiger partial charge in [0, 0.05) is 34.1 Å². The van der Waals surface area contributed by atoms with Crippen LogP contribution in [0.5, 0.6) is 5.88 Å². The molecule has 1 unspecified atom stereocenters. The average Bonchev–Trinajstić information content (AvgIpc) is 3.27. The van der Waals surface area contributed by atoms with Crippen LogP contribution in [0.25, 0.3) is 22.5 Å². The molecule has 1 aliphatic heterocycles. The summed E-state index contributed by atoms with van der Waals surface area (Å²) in [6.45, 7) is 5.46. The van der Waals surface area contributed by atoms with Crippen LogP contribution in [0.1, 0.15) is 20.3 Å². The summed E-state index contributed by atoms with van der Waals surface area (Å²) < 4.78 is 11.4. The lowest BCUT2D eigenvalue weighted by Crippen LogP contribution is -2.32. The van der Waals surface area contributed by atoms with E-state index in [-0.39, 0.29) is 12.2 Å². The predicted molar refractivity (Wildman–Crippen MR) is 130 cm³/mol. The smallest absolute Gasteiger partial charge is 0.409 e. The van der Waals surface area contributed by atoms with Crippen LogP contribution in [0, 0.1) is 5.92 Å². The fraction of sp³-hybridized carbons (Fsp3) is 0.320. The monoisotopic (exact) mass is 485 g/mol. The maximum absolute atomic E-state index is 12.2. The third kappa shape index (κ3) is 5.95. The van der Waals surface area contributed by atoms with Crippen LogP contribution in [0.4, 0.5) is 4.79 Å². The molecule has 0 bridgehead atoms. The largest absolute Gasteiger partial charge is 0.471 e. The van der Waals surface area contributed by atoms with Crippen molar-refractivity contribution < 1.29 is 14.3 Å². The average molecular weight is 486 g/mol. The van der Waals surface area contributed by atoms with E-state index in [1.54, 1.807) is 11.1 Å². The topological polar surface area (TPSA) is 64.5 Å². The molecular weight excluding hydrogens is 461 g/mol. The van der Waals surface area contributed by atoms with Gasteiger partial charge in [-0.15, -0.1) is 0 Å². The first-order valence-corrected chi connectivity index (χ1v) is 11.6. The van der Waals surface area contributed by atoms with E-state index in [1.165, 1.54) is 0 Å². The molecule has 6 nitrogen and oxygen atoms in total. The molecule has 1 amide bonds. The molecule has 172 valence electrons. The van der Waals surface area contributed by atoms with Crippen LogP contribution in [-0.4, -0.2) is 46.8 Å². The van der Waals surface area contributed by atoms with Gasteiger partial charge in [0.25, 0.3) is 0 Å². The van der Waals surface area contributed by atoms with E-state index in [2.05, 4.69) is 4.98 Å². The maximum Gasteiger partial charge on any atom is 0.409 e. The second-order valence-corrected chi connectivity index (χ2v) is 9.24. The van der Waals surface area contributed by atoms with Gasteiger partial charge in [0.15, 0.2) is 0 Å². The van der Waals surface area contributed by atoms with E-state index in [0.29, 0.717) is 59.3 Å². The van der Waals surface area contributed by atoms with E-state index >= 15 is 0 Å². The molecule has 1 aromatic heterocycles. The SMILES string of the molecule is CC(C)COC(=O)N1CCC(Oc2cnc(-c3ccc(Cl)cc3)c(-c3ccc(Cl)cc3)n2)C1. The Hall–Kier alpha value is -2.83. The second kappa shape index (κ2) is 10.4. The molecule has 0 saturated carbocycles. The molecule has 0 spiro atoms. The van der Waals surface area contributed by atoms with Crippen molar-refractivity contribution in [2.45, 2.75) is 26.4 Å². The summed E-state index contributed by atoms with van der Waals surface area (Å²) in [7, 11) is 0. The Kier molecular flexibility index (Phi) is 7.36. The highest BCUT2D eigenvalue weighted by Gasteiger charge is 2.29. The lowest BCUT2D eigenvalue weighted by Gasteiger charge is -2.18. The molecule has 1 saturated heterocycles. The molecule has 0 aliphatic carbocycles. The van der Waals surface area contributed by atoms with Crippen molar-refractivity contribution in [3.05, 3.63) is 64.8 Å². The zero-order valence-electron chi connectivity index (χ0n) is 18.5. The number of carbonyl (C=O) groups is 1. The predicted octanol–water partition coefficient (Wildman–Crippen LogP) is 6.36. The molecule has 33 heavy (non-hydrogen) atoms. The number of hydrogen-bond acceptors (Lipinski definition) is 5. The fourth-order valence-corrected chi connectivity index (χ4v) is 3.80. The molecule has 0 radical (unpaired) electrons. The van der Waals surface area contributed by atoms with Crippen molar-refractivity contribution in [1.82, 2.24) is 14.9 Å². The quantitative estimate of drug-likeness (QED) is 0.406. The summed E-state index contributed by atoms with van der Waals surface area (Å²) in [5.74, 6) is 0.698. The Balaban J connectivity index is 1.55. The molecular formula is C25H25Cl2N3O3. The Morgan fingerprint density at radius 2 is 1.64 bits per heavy atom. The molecule has 4 rings (SSSR count). The minimum Gasteiger partial charge on any atom is -0.471 e. The second-order valence-electron chi connectivity index (χ2n) is 8.36. The van der Waals surface area contributed by atoms with Crippen molar-refractivity contribution in [1.29, 1.82) is 0 Å². The van der Waals surface area contributed by atoms with E-state index in [4.69, 9.17) is 37.7 Å². The van der Waals surface area contributed by atoms with Gasteiger partial charge in [-0.3, -0.25) is 0 Å². The third-order valence-electron chi connectivity index (χ3n) is 5.22. The summed E-state index contributed by atoms with van der Waals surface area (Å²) in [6.07, 6.45) is 1.84. The molecule has 8 heteroatoms. The lowest BCUT2D eigenvalue weighted by atomic mass is 10.0. The number of rotatable bonds is 6. The van der Waals surface area contributed by atoms with Gasteiger partial charge in [0.2, 0.25) is 5.88 Å². The first-order chi connectivity index (χ1) is 15.9. The van der Waals surface area contributed by atoms with Crippen LogP contribution in [0.15, 0.2) is 54.7 Å². The van der Waals surface area contributed by atoms with E-state index < -0.39 is 0 Å². The molecule has 3 aromatic rings.